The number of fused-ring (bicyclic) bond motifs is 1. The fourth-order valence-corrected chi connectivity index (χ4v) is 3.36. The molecule has 0 bridgehead atoms. The number of nitrogens with one attached hydrogen (secondary N) is 1. The summed E-state index contributed by atoms with van der Waals surface area (Å²) in [5, 5.41) is 3.27. The van der Waals surface area contributed by atoms with Crippen molar-refractivity contribution in [2.24, 2.45) is 0 Å². The third-order valence-electron chi connectivity index (χ3n) is 4.24. The smallest absolute Gasteiger partial charge is 0.338 e. The van der Waals surface area contributed by atoms with Crippen molar-refractivity contribution in [3.8, 4) is 0 Å². The van der Waals surface area contributed by atoms with E-state index in [4.69, 9.17) is 4.74 Å². The fraction of sp³-hybridized carbons (Fsp3) is 0.300. The van der Waals surface area contributed by atoms with E-state index in [0.29, 0.717) is 18.5 Å². The first-order valence-electron chi connectivity index (χ1n) is 8.50. The van der Waals surface area contributed by atoms with E-state index >= 15 is 0 Å². The predicted molar refractivity (Wildman–Crippen MR) is 106 cm³/mol. The Bertz CT molecular complexity index is 835. The molecule has 26 heavy (non-hydrogen) atoms. The standard InChI is InChI=1S/C20H21BrN2O3/c1-20(2)19(25)23(17-10-4-3-9-16(17)22-20)11-6-12-26-18(24)14-7-5-8-15(21)13-14/h3-5,7-10,13,22H,6,11-12H2,1-2H3. The van der Waals surface area contributed by atoms with Gasteiger partial charge in [-0.25, -0.2) is 4.79 Å². The van der Waals surface area contributed by atoms with Crippen LogP contribution in [-0.4, -0.2) is 30.6 Å². The molecule has 0 saturated heterocycles. The fourth-order valence-electron chi connectivity index (χ4n) is 2.96. The number of benzene rings is 2. The highest BCUT2D eigenvalue weighted by molar-refractivity contribution is 9.10. The van der Waals surface area contributed by atoms with E-state index in [-0.39, 0.29) is 18.5 Å². The lowest BCUT2D eigenvalue weighted by Gasteiger charge is -2.40. The normalized spacial score (nSPS) is 15.2. The molecule has 0 atom stereocenters. The lowest BCUT2D eigenvalue weighted by molar-refractivity contribution is -0.122. The van der Waals surface area contributed by atoms with E-state index in [2.05, 4.69) is 21.2 Å². The van der Waals surface area contributed by atoms with Gasteiger partial charge in [-0.05, 0) is 50.6 Å². The third-order valence-corrected chi connectivity index (χ3v) is 4.73. The summed E-state index contributed by atoms with van der Waals surface area (Å²) in [5.41, 5.74) is 1.63. The van der Waals surface area contributed by atoms with Crippen LogP contribution in [0, 0.1) is 0 Å². The van der Waals surface area contributed by atoms with Crippen LogP contribution in [0.3, 0.4) is 0 Å². The average Bonchev–Trinajstić information content (AvgIpc) is 2.61. The Hall–Kier alpha value is -2.34. The number of carbonyl (C=O) groups excluding carboxylic acids is 2. The summed E-state index contributed by atoms with van der Waals surface area (Å²) in [6.07, 6.45) is 0.565. The Kier molecular flexibility index (Phi) is 5.32. The summed E-state index contributed by atoms with van der Waals surface area (Å²) in [6, 6.07) is 14.8. The van der Waals surface area contributed by atoms with Crippen LogP contribution >= 0.6 is 15.9 Å². The molecule has 1 aliphatic heterocycles. The molecule has 2 aromatic carbocycles. The molecule has 3 rings (SSSR count). The number of ether oxygens (including phenoxy) is 1. The molecular weight excluding hydrogens is 396 g/mol. The zero-order valence-corrected chi connectivity index (χ0v) is 16.4. The van der Waals surface area contributed by atoms with Gasteiger partial charge in [-0.3, -0.25) is 4.79 Å². The van der Waals surface area contributed by atoms with Crippen LogP contribution in [-0.2, 0) is 9.53 Å². The minimum atomic E-state index is -0.665. The van der Waals surface area contributed by atoms with Gasteiger partial charge in [-0.15, -0.1) is 0 Å². The second-order valence-electron chi connectivity index (χ2n) is 6.72. The van der Waals surface area contributed by atoms with Crippen molar-refractivity contribution < 1.29 is 14.3 Å². The molecule has 0 unspecified atom stereocenters. The minimum absolute atomic E-state index is 0.00881. The summed E-state index contributed by atoms with van der Waals surface area (Å²) in [4.78, 5) is 26.6. The minimum Gasteiger partial charge on any atom is -0.462 e. The highest BCUT2D eigenvalue weighted by atomic mass is 79.9. The summed E-state index contributed by atoms with van der Waals surface area (Å²) >= 11 is 3.34. The molecule has 0 aromatic heterocycles. The first kappa shape index (κ1) is 18.5. The third kappa shape index (κ3) is 3.90. The predicted octanol–water partition coefficient (Wildman–Crippen LogP) is 4.23. The number of halogens is 1. The summed E-state index contributed by atoms with van der Waals surface area (Å²) in [7, 11) is 0. The molecule has 6 heteroatoms. The number of anilines is 2. The molecule has 136 valence electrons. The highest BCUT2D eigenvalue weighted by Gasteiger charge is 2.38. The molecular formula is C20H21BrN2O3. The number of hydrogen-bond acceptors (Lipinski definition) is 4. The zero-order valence-electron chi connectivity index (χ0n) is 14.8. The number of nitrogens with zero attached hydrogens (tertiary/aromatic N) is 1. The molecule has 5 nitrogen and oxygen atoms in total. The van der Waals surface area contributed by atoms with Crippen LogP contribution in [0.15, 0.2) is 53.0 Å². The van der Waals surface area contributed by atoms with Gasteiger partial charge in [0.25, 0.3) is 5.91 Å². The maximum Gasteiger partial charge on any atom is 0.338 e. The van der Waals surface area contributed by atoms with E-state index in [1.54, 1.807) is 23.1 Å². The number of para-hydroxylation sites is 2. The number of carbonyl (C=O) groups is 2. The van der Waals surface area contributed by atoms with Crippen LogP contribution in [0.4, 0.5) is 11.4 Å². The molecule has 0 radical (unpaired) electrons. The van der Waals surface area contributed by atoms with E-state index in [0.717, 1.165) is 15.8 Å². The molecule has 0 saturated carbocycles. The van der Waals surface area contributed by atoms with Gasteiger partial charge in [0.15, 0.2) is 0 Å². The van der Waals surface area contributed by atoms with Crippen molar-refractivity contribution in [1.29, 1.82) is 0 Å². The highest BCUT2D eigenvalue weighted by Crippen LogP contribution is 2.34. The lowest BCUT2D eigenvalue weighted by Crippen LogP contribution is -2.54. The number of hydrogen-bond donors (Lipinski definition) is 1. The molecule has 0 aliphatic carbocycles. The Morgan fingerprint density at radius 1 is 1.19 bits per heavy atom. The Labute approximate surface area is 161 Å². The topological polar surface area (TPSA) is 58.6 Å². The monoisotopic (exact) mass is 416 g/mol. The molecule has 0 spiro atoms. The van der Waals surface area contributed by atoms with Crippen molar-refractivity contribution in [2.75, 3.05) is 23.4 Å². The van der Waals surface area contributed by atoms with Crippen molar-refractivity contribution in [3.63, 3.8) is 0 Å². The molecule has 1 heterocycles. The molecule has 0 fully saturated rings. The van der Waals surface area contributed by atoms with Gasteiger partial charge < -0.3 is 15.0 Å². The van der Waals surface area contributed by atoms with Gasteiger partial charge in [0.05, 0.1) is 23.5 Å². The summed E-state index contributed by atoms with van der Waals surface area (Å²) in [6.45, 7) is 4.48. The Morgan fingerprint density at radius 2 is 1.96 bits per heavy atom. The van der Waals surface area contributed by atoms with E-state index < -0.39 is 5.54 Å². The maximum atomic E-state index is 12.7. The van der Waals surface area contributed by atoms with E-state index in [1.807, 2.05) is 44.2 Å². The quantitative estimate of drug-likeness (QED) is 0.584. The van der Waals surface area contributed by atoms with Crippen molar-refractivity contribution in [1.82, 2.24) is 0 Å². The van der Waals surface area contributed by atoms with Gasteiger partial charge in [0, 0.05) is 11.0 Å². The molecule has 1 aliphatic rings. The zero-order chi connectivity index (χ0) is 18.7. The molecule has 1 N–H and O–H groups in total. The van der Waals surface area contributed by atoms with Crippen LogP contribution in [0.1, 0.15) is 30.6 Å². The van der Waals surface area contributed by atoms with Crippen LogP contribution < -0.4 is 10.2 Å². The van der Waals surface area contributed by atoms with Crippen molar-refractivity contribution in [2.45, 2.75) is 25.8 Å². The first-order valence-corrected chi connectivity index (χ1v) is 9.30. The van der Waals surface area contributed by atoms with E-state index in [9.17, 15) is 9.59 Å². The van der Waals surface area contributed by atoms with Crippen molar-refractivity contribution in [3.05, 3.63) is 58.6 Å². The summed E-state index contributed by atoms with van der Waals surface area (Å²) in [5.74, 6) is -0.354. The van der Waals surface area contributed by atoms with Crippen LogP contribution in [0.5, 0.6) is 0 Å². The second-order valence-corrected chi connectivity index (χ2v) is 7.64. The number of rotatable bonds is 5. The first-order chi connectivity index (χ1) is 12.4. The SMILES string of the molecule is CC1(C)Nc2ccccc2N(CCCOC(=O)c2cccc(Br)c2)C1=O. The van der Waals surface area contributed by atoms with Gasteiger partial charge in [0.1, 0.15) is 5.54 Å². The number of amides is 1. The molecule has 2 aromatic rings. The lowest BCUT2D eigenvalue weighted by atomic mass is 9.98. The van der Waals surface area contributed by atoms with Crippen LogP contribution in [0.25, 0.3) is 0 Å². The average molecular weight is 417 g/mol. The Balaban J connectivity index is 1.61. The van der Waals surface area contributed by atoms with Gasteiger partial charge in [0.2, 0.25) is 0 Å². The summed E-state index contributed by atoms with van der Waals surface area (Å²) < 4.78 is 6.17. The maximum absolute atomic E-state index is 12.7. The van der Waals surface area contributed by atoms with Crippen molar-refractivity contribution >= 4 is 39.2 Å². The second kappa shape index (κ2) is 7.50. The van der Waals surface area contributed by atoms with E-state index in [1.165, 1.54) is 0 Å². The van der Waals surface area contributed by atoms with Gasteiger partial charge >= 0.3 is 5.97 Å². The number of esters is 1. The van der Waals surface area contributed by atoms with Gasteiger partial charge in [-0.1, -0.05) is 34.1 Å². The largest absolute Gasteiger partial charge is 0.462 e. The Morgan fingerprint density at radius 3 is 2.73 bits per heavy atom. The molecule has 1 amide bonds. The van der Waals surface area contributed by atoms with Crippen LogP contribution in [0.2, 0.25) is 0 Å². The van der Waals surface area contributed by atoms with Gasteiger partial charge in [-0.2, -0.15) is 0 Å².